The van der Waals surface area contributed by atoms with Crippen molar-refractivity contribution < 1.29 is 14.7 Å². The number of hydrogen-bond acceptors (Lipinski definition) is 2. The van der Waals surface area contributed by atoms with E-state index in [1.54, 1.807) is 0 Å². The molecule has 2 saturated carbocycles. The number of hydrogen-bond donors (Lipinski definition) is 2. The van der Waals surface area contributed by atoms with Crippen LogP contribution in [-0.4, -0.2) is 23.5 Å². The van der Waals surface area contributed by atoms with Gasteiger partial charge < -0.3 is 10.4 Å². The highest BCUT2D eigenvalue weighted by molar-refractivity contribution is 5.86. The molecule has 0 spiro atoms. The van der Waals surface area contributed by atoms with Gasteiger partial charge in [-0.1, -0.05) is 31.4 Å². The fraction of sp³-hybridized carbons (Fsp3) is 0.765. The van der Waals surface area contributed by atoms with Gasteiger partial charge in [0.05, 0.1) is 11.8 Å². The van der Waals surface area contributed by atoms with Crippen LogP contribution < -0.4 is 5.32 Å². The summed E-state index contributed by atoms with van der Waals surface area (Å²) in [4.78, 5) is 24.1. The summed E-state index contributed by atoms with van der Waals surface area (Å²) in [5, 5.41) is 12.5. The maximum absolute atomic E-state index is 12.5. The third-order valence-corrected chi connectivity index (χ3v) is 5.63. The summed E-state index contributed by atoms with van der Waals surface area (Å²) in [6.07, 6.45) is 12.2. The summed E-state index contributed by atoms with van der Waals surface area (Å²) >= 11 is 0. The number of allylic oxidation sites excluding steroid dienone is 2. The van der Waals surface area contributed by atoms with Crippen LogP contribution in [0.25, 0.3) is 0 Å². The Labute approximate surface area is 126 Å². The first kappa shape index (κ1) is 14.6. The summed E-state index contributed by atoms with van der Waals surface area (Å²) in [7, 11) is 0. The first-order valence-electron chi connectivity index (χ1n) is 8.35. The van der Waals surface area contributed by atoms with Crippen molar-refractivity contribution in [2.45, 2.75) is 44.9 Å². The smallest absolute Gasteiger partial charge is 0.307 e. The Hall–Kier alpha value is -1.32. The molecule has 0 aliphatic heterocycles. The number of fused-ring (bicyclic) bond motifs is 2. The summed E-state index contributed by atoms with van der Waals surface area (Å²) in [6, 6.07) is 0. The topological polar surface area (TPSA) is 66.4 Å². The van der Waals surface area contributed by atoms with E-state index in [0.29, 0.717) is 5.92 Å². The summed E-state index contributed by atoms with van der Waals surface area (Å²) in [5.41, 5.74) is 0. The monoisotopic (exact) mass is 291 g/mol. The molecule has 0 heterocycles. The van der Waals surface area contributed by atoms with E-state index in [1.165, 1.54) is 32.1 Å². The van der Waals surface area contributed by atoms with Crippen molar-refractivity contribution >= 4 is 11.9 Å². The maximum Gasteiger partial charge on any atom is 0.307 e. The average Bonchev–Trinajstić information content (AvgIpc) is 2.53. The van der Waals surface area contributed by atoms with Crippen LogP contribution in [0.15, 0.2) is 12.2 Å². The average molecular weight is 291 g/mol. The van der Waals surface area contributed by atoms with Gasteiger partial charge in [-0.25, -0.2) is 0 Å². The van der Waals surface area contributed by atoms with Crippen LogP contribution in [0.3, 0.4) is 0 Å². The lowest BCUT2D eigenvalue weighted by Gasteiger charge is -2.42. The van der Waals surface area contributed by atoms with Crippen LogP contribution in [0.4, 0.5) is 0 Å². The molecular weight excluding hydrogens is 266 g/mol. The lowest BCUT2D eigenvalue weighted by Crippen LogP contribution is -2.49. The van der Waals surface area contributed by atoms with Gasteiger partial charge in [0.15, 0.2) is 0 Å². The molecule has 4 rings (SSSR count). The molecule has 4 aliphatic rings. The molecule has 21 heavy (non-hydrogen) atoms. The lowest BCUT2D eigenvalue weighted by atomic mass is 9.62. The van der Waals surface area contributed by atoms with E-state index in [0.717, 1.165) is 19.4 Å². The second-order valence-corrected chi connectivity index (χ2v) is 6.93. The van der Waals surface area contributed by atoms with E-state index >= 15 is 0 Å². The molecule has 2 fully saturated rings. The highest BCUT2D eigenvalue weighted by Crippen LogP contribution is 2.45. The minimum absolute atomic E-state index is 0.0352. The molecule has 2 N–H and O–H groups in total. The second kappa shape index (κ2) is 6.20. The quantitative estimate of drug-likeness (QED) is 0.782. The second-order valence-electron chi connectivity index (χ2n) is 6.93. The molecule has 0 unspecified atom stereocenters. The number of carbonyl (C=O) groups is 2. The Morgan fingerprint density at radius 1 is 0.952 bits per heavy atom. The van der Waals surface area contributed by atoms with Crippen molar-refractivity contribution in [3.8, 4) is 0 Å². The molecule has 4 atom stereocenters. The predicted octanol–water partition coefficient (Wildman–Crippen LogP) is 2.60. The van der Waals surface area contributed by atoms with Crippen LogP contribution in [0.2, 0.25) is 0 Å². The Morgan fingerprint density at radius 2 is 1.57 bits per heavy atom. The van der Waals surface area contributed by atoms with Crippen LogP contribution in [0, 0.1) is 29.6 Å². The van der Waals surface area contributed by atoms with Crippen molar-refractivity contribution in [2.75, 3.05) is 6.54 Å². The maximum atomic E-state index is 12.5. The molecule has 0 radical (unpaired) electrons. The highest BCUT2D eigenvalue weighted by atomic mass is 16.4. The third kappa shape index (κ3) is 2.99. The Bertz CT molecular complexity index is 439. The minimum Gasteiger partial charge on any atom is -0.481 e. The Balaban J connectivity index is 1.62. The minimum atomic E-state index is -0.813. The van der Waals surface area contributed by atoms with Crippen LogP contribution in [0.1, 0.15) is 44.9 Å². The predicted molar refractivity (Wildman–Crippen MR) is 79.6 cm³/mol. The normalized spacial score (nSPS) is 35.6. The standard InChI is InChI=1S/C17H25NO3/c19-16(18-10-11-4-2-1-3-5-11)14-12-6-8-13(9-7-12)15(14)17(20)21/h6,8,11-15H,1-5,7,9-10H2,(H,18,19)(H,20,21)/t12-,13+,14+,15+/m1/s1. The van der Waals surface area contributed by atoms with E-state index in [2.05, 4.69) is 11.4 Å². The number of carboxylic acids is 1. The van der Waals surface area contributed by atoms with E-state index in [-0.39, 0.29) is 23.7 Å². The number of carboxylic acid groups (broad SMARTS) is 1. The Morgan fingerprint density at radius 3 is 2.14 bits per heavy atom. The van der Waals surface area contributed by atoms with Crippen molar-refractivity contribution in [1.29, 1.82) is 0 Å². The molecule has 2 bridgehead atoms. The summed E-state index contributed by atoms with van der Waals surface area (Å²) in [6.45, 7) is 0.725. The highest BCUT2D eigenvalue weighted by Gasteiger charge is 2.48. The van der Waals surface area contributed by atoms with Crippen LogP contribution in [0.5, 0.6) is 0 Å². The van der Waals surface area contributed by atoms with Gasteiger partial charge in [-0.3, -0.25) is 9.59 Å². The zero-order valence-electron chi connectivity index (χ0n) is 12.5. The van der Waals surface area contributed by atoms with Crippen LogP contribution in [-0.2, 0) is 9.59 Å². The molecule has 4 aliphatic carbocycles. The first-order valence-corrected chi connectivity index (χ1v) is 8.35. The zero-order chi connectivity index (χ0) is 14.8. The van der Waals surface area contributed by atoms with Gasteiger partial charge in [-0.05, 0) is 43.4 Å². The molecule has 0 aromatic carbocycles. The van der Waals surface area contributed by atoms with Crippen LogP contribution >= 0.6 is 0 Å². The van der Waals surface area contributed by atoms with E-state index in [4.69, 9.17) is 0 Å². The van der Waals surface area contributed by atoms with Gasteiger partial charge >= 0.3 is 5.97 Å². The SMILES string of the molecule is O=C(NCC1CCCCC1)[C@@H]1[C@@H](C(=O)O)[C@H]2C=C[C@@H]1CC2. The molecule has 0 aromatic rings. The number of aliphatic carboxylic acids is 1. The summed E-state index contributed by atoms with van der Waals surface area (Å²) < 4.78 is 0. The van der Waals surface area contributed by atoms with Gasteiger partial charge in [0.25, 0.3) is 0 Å². The molecule has 4 nitrogen and oxygen atoms in total. The first-order chi connectivity index (χ1) is 10.2. The zero-order valence-corrected chi connectivity index (χ0v) is 12.5. The van der Waals surface area contributed by atoms with E-state index in [1.807, 2.05) is 6.08 Å². The van der Waals surface area contributed by atoms with Crippen molar-refractivity contribution in [1.82, 2.24) is 5.32 Å². The Kier molecular flexibility index (Phi) is 4.32. The summed E-state index contributed by atoms with van der Waals surface area (Å²) in [5.74, 6) is -1.00. The molecule has 0 saturated heterocycles. The van der Waals surface area contributed by atoms with Gasteiger partial charge in [-0.15, -0.1) is 0 Å². The van der Waals surface area contributed by atoms with Crippen molar-refractivity contribution in [3.05, 3.63) is 12.2 Å². The number of rotatable bonds is 4. The van der Waals surface area contributed by atoms with E-state index in [9.17, 15) is 14.7 Å². The fourth-order valence-electron chi connectivity index (χ4n) is 4.44. The molecule has 0 aromatic heterocycles. The van der Waals surface area contributed by atoms with Gasteiger partial charge in [0.2, 0.25) is 5.91 Å². The molecular formula is C17H25NO3. The number of nitrogens with one attached hydrogen (secondary N) is 1. The third-order valence-electron chi connectivity index (χ3n) is 5.63. The van der Waals surface area contributed by atoms with Gasteiger partial charge in [0.1, 0.15) is 0 Å². The number of amides is 1. The van der Waals surface area contributed by atoms with Gasteiger partial charge in [0, 0.05) is 6.54 Å². The van der Waals surface area contributed by atoms with Crippen molar-refractivity contribution in [2.24, 2.45) is 29.6 Å². The molecule has 1 amide bonds. The van der Waals surface area contributed by atoms with E-state index < -0.39 is 11.9 Å². The lowest BCUT2D eigenvalue weighted by molar-refractivity contribution is -0.153. The van der Waals surface area contributed by atoms with Gasteiger partial charge in [-0.2, -0.15) is 0 Å². The largest absolute Gasteiger partial charge is 0.481 e. The number of carbonyl (C=O) groups excluding carboxylic acids is 1. The molecule has 4 heteroatoms. The fourth-order valence-corrected chi connectivity index (χ4v) is 4.44. The molecule has 116 valence electrons. The van der Waals surface area contributed by atoms with Crippen molar-refractivity contribution in [3.63, 3.8) is 0 Å².